The van der Waals surface area contributed by atoms with Crippen molar-refractivity contribution >= 4 is 7.28 Å². The van der Waals surface area contributed by atoms with Crippen molar-refractivity contribution in [2.75, 3.05) is 0 Å². The van der Waals surface area contributed by atoms with Gasteiger partial charge in [-0.25, -0.2) is 0 Å². The Labute approximate surface area is 63.7 Å². The Balaban J connectivity index is 2.57. The first-order chi connectivity index (χ1) is 4.54. The minimum Gasteiger partial charge on any atom is -0.199 e. The summed E-state index contributed by atoms with van der Waals surface area (Å²) in [6.07, 6.45) is 2.07. The van der Waals surface area contributed by atoms with Gasteiger partial charge in [0.15, 0.2) is 0 Å². The SMILES string of the molecule is C[B]C1(C#N)CC(C)(C)C1. The van der Waals surface area contributed by atoms with Crippen LogP contribution < -0.4 is 0 Å². The molecule has 10 heavy (non-hydrogen) atoms. The van der Waals surface area contributed by atoms with Crippen LogP contribution in [0, 0.1) is 16.7 Å². The maximum Gasteiger partial charge on any atom is 0.133 e. The zero-order valence-corrected chi connectivity index (χ0v) is 6.94. The highest BCUT2D eigenvalue weighted by Crippen LogP contribution is 2.58. The molecule has 1 aliphatic rings. The lowest BCUT2D eigenvalue weighted by molar-refractivity contribution is 0.148. The van der Waals surface area contributed by atoms with Crippen molar-refractivity contribution in [2.24, 2.45) is 5.41 Å². The smallest absolute Gasteiger partial charge is 0.133 e. The molecule has 2 heteroatoms. The van der Waals surface area contributed by atoms with Gasteiger partial charge >= 0.3 is 0 Å². The first-order valence-electron chi connectivity index (χ1n) is 3.75. The molecule has 0 aromatic rings. The molecule has 0 saturated heterocycles. The van der Waals surface area contributed by atoms with Gasteiger partial charge in [0.05, 0.1) is 6.07 Å². The Hall–Kier alpha value is -0.445. The fourth-order valence-electron chi connectivity index (χ4n) is 2.00. The van der Waals surface area contributed by atoms with Crippen LogP contribution in [0.4, 0.5) is 0 Å². The molecule has 0 N–H and O–H groups in total. The lowest BCUT2D eigenvalue weighted by Crippen LogP contribution is -2.39. The third-order valence-corrected chi connectivity index (χ3v) is 2.36. The molecular weight excluding hydrogens is 121 g/mol. The summed E-state index contributed by atoms with van der Waals surface area (Å²) < 4.78 is 0. The van der Waals surface area contributed by atoms with E-state index in [1.165, 1.54) is 0 Å². The van der Waals surface area contributed by atoms with Crippen molar-refractivity contribution < 1.29 is 0 Å². The van der Waals surface area contributed by atoms with Gasteiger partial charge in [0.25, 0.3) is 0 Å². The third kappa shape index (κ3) is 1.05. The van der Waals surface area contributed by atoms with E-state index in [0.29, 0.717) is 5.41 Å². The van der Waals surface area contributed by atoms with Crippen molar-refractivity contribution in [3.63, 3.8) is 0 Å². The zero-order valence-electron chi connectivity index (χ0n) is 6.94. The number of nitriles is 1. The van der Waals surface area contributed by atoms with Gasteiger partial charge in [0.2, 0.25) is 0 Å². The van der Waals surface area contributed by atoms with Crippen molar-refractivity contribution in [3.8, 4) is 6.07 Å². The van der Waals surface area contributed by atoms with Crippen LogP contribution in [-0.2, 0) is 0 Å². The maximum atomic E-state index is 8.79. The van der Waals surface area contributed by atoms with Gasteiger partial charge < -0.3 is 0 Å². The molecule has 0 atom stereocenters. The van der Waals surface area contributed by atoms with Crippen LogP contribution in [-0.4, -0.2) is 7.28 Å². The van der Waals surface area contributed by atoms with E-state index in [1.807, 2.05) is 14.1 Å². The van der Waals surface area contributed by atoms with Gasteiger partial charge in [-0.15, -0.1) is 0 Å². The van der Waals surface area contributed by atoms with Crippen LogP contribution in [0.15, 0.2) is 0 Å². The Morgan fingerprint density at radius 1 is 1.40 bits per heavy atom. The topological polar surface area (TPSA) is 23.8 Å². The summed E-state index contributed by atoms with van der Waals surface area (Å²) in [5, 5.41) is 8.71. The number of hydrogen-bond acceptors (Lipinski definition) is 1. The summed E-state index contributed by atoms with van der Waals surface area (Å²) in [7, 11) is 2.04. The number of rotatable bonds is 1. The summed E-state index contributed by atoms with van der Waals surface area (Å²) in [4.78, 5) is 0. The van der Waals surface area contributed by atoms with Gasteiger partial charge in [-0.3, -0.25) is 0 Å². The second kappa shape index (κ2) is 2.02. The molecule has 1 saturated carbocycles. The van der Waals surface area contributed by atoms with Crippen molar-refractivity contribution in [2.45, 2.75) is 38.8 Å². The third-order valence-electron chi connectivity index (χ3n) is 2.36. The highest BCUT2D eigenvalue weighted by molar-refractivity contribution is 6.40. The van der Waals surface area contributed by atoms with E-state index in [-0.39, 0.29) is 5.31 Å². The van der Waals surface area contributed by atoms with Gasteiger partial charge in [-0.1, -0.05) is 20.7 Å². The lowest BCUT2D eigenvalue weighted by Gasteiger charge is -2.48. The molecule has 1 nitrogen and oxygen atoms in total. The molecule has 0 amide bonds. The predicted molar refractivity (Wildman–Crippen MR) is 42.9 cm³/mol. The van der Waals surface area contributed by atoms with E-state index in [4.69, 9.17) is 5.26 Å². The van der Waals surface area contributed by atoms with Crippen LogP contribution in [0.5, 0.6) is 0 Å². The van der Waals surface area contributed by atoms with Crippen molar-refractivity contribution in [1.82, 2.24) is 0 Å². The number of hydrogen-bond donors (Lipinski definition) is 0. The molecule has 0 aliphatic heterocycles. The Morgan fingerprint density at radius 2 is 1.90 bits per heavy atom. The molecule has 0 aromatic heterocycles. The highest BCUT2D eigenvalue weighted by atomic mass is 14.5. The van der Waals surface area contributed by atoms with E-state index >= 15 is 0 Å². The quantitative estimate of drug-likeness (QED) is 0.504. The Morgan fingerprint density at radius 3 is 2.00 bits per heavy atom. The van der Waals surface area contributed by atoms with Gasteiger partial charge in [-0.2, -0.15) is 5.26 Å². The van der Waals surface area contributed by atoms with Crippen LogP contribution in [0.1, 0.15) is 26.7 Å². The summed E-state index contributed by atoms with van der Waals surface area (Å²) in [5.74, 6) is 0. The summed E-state index contributed by atoms with van der Waals surface area (Å²) in [6, 6.07) is 2.36. The predicted octanol–water partition coefficient (Wildman–Crippen LogP) is 2.24. The Bertz CT molecular complexity index is 170. The summed E-state index contributed by atoms with van der Waals surface area (Å²) in [5.41, 5.74) is 0.405. The maximum absolute atomic E-state index is 8.79. The Kier molecular flexibility index (Phi) is 1.55. The van der Waals surface area contributed by atoms with Crippen LogP contribution >= 0.6 is 0 Å². The van der Waals surface area contributed by atoms with E-state index < -0.39 is 0 Å². The largest absolute Gasteiger partial charge is 0.199 e. The van der Waals surface area contributed by atoms with E-state index in [2.05, 4.69) is 19.9 Å². The van der Waals surface area contributed by atoms with Crippen molar-refractivity contribution in [1.29, 1.82) is 5.26 Å². The number of nitrogens with zero attached hydrogens (tertiary/aromatic N) is 1. The highest BCUT2D eigenvalue weighted by Gasteiger charge is 2.47. The van der Waals surface area contributed by atoms with Gasteiger partial charge in [0.1, 0.15) is 7.28 Å². The molecule has 1 fully saturated rings. The molecule has 1 radical (unpaired) electrons. The average molecular weight is 134 g/mol. The monoisotopic (exact) mass is 134 g/mol. The first-order valence-corrected chi connectivity index (χ1v) is 3.75. The van der Waals surface area contributed by atoms with E-state index in [0.717, 1.165) is 12.8 Å². The molecule has 1 aliphatic carbocycles. The molecule has 0 aromatic carbocycles. The van der Waals surface area contributed by atoms with E-state index in [9.17, 15) is 0 Å². The first kappa shape index (κ1) is 7.66. The van der Waals surface area contributed by atoms with E-state index in [1.54, 1.807) is 0 Å². The second-order valence-electron chi connectivity index (χ2n) is 4.07. The second-order valence-corrected chi connectivity index (χ2v) is 4.07. The molecular formula is C8H13BN. The van der Waals surface area contributed by atoms with Crippen LogP contribution in [0.3, 0.4) is 0 Å². The molecule has 1 rings (SSSR count). The zero-order chi connectivity index (χ0) is 7.83. The minimum atomic E-state index is -0.0799. The average Bonchev–Trinajstić information content (AvgIpc) is 1.82. The molecule has 0 bridgehead atoms. The van der Waals surface area contributed by atoms with Crippen LogP contribution in [0.2, 0.25) is 12.1 Å². The fraction of sp³-hybridized carbons (Fsp3) is 0.875. The fourth-order valence-corrected chi connectivity index (χ4v) is 2.00. The summed E-state index contributed by atoms with van der Waals surface area (Å²) >= 11 is 0. The molecule has 0 heterocycles. The minimum absolute atomic E-state index is 0.0799. The molecule has 0 spiro atoms. The summed E-state index contributed by atoms with van der Waals surface area (Å²) in [6.45, 7) is 6.41. The normalized spacial score (nSPS) is 26.2. The molecule has 53 valence electrons. The van der Waals surface area contributed by atoms with Gasteiger partial charge in [-0.05, 0) is 18.3 Å². The molecule has 0 unspecified atom stereocenters. The standard InChI is InChI=1S/C8H13BN/c1-7(2)4-8(5-7,6-10)9-3/h4-5H2,1-3H3. The van der Waals surface area contributed by atoms with Crippen molar-refractivity contribution in [3.05, 3.63) is 0 Å². The lowest BCUT2D eigenvalue weighted by atomic mass is 9.38. The van der Waals surface area contributed by atoms with Crippen LogP contribution in [0.25, 0.3) is 0 Å². The van der Waals surface area contributed by atoms with Gasteiger partial charge in [0, 0.05) is 5.31 Å².